The fraction of sp³-hybridized carbons (Fsp3) is 0.263. The Morgan fingerprint density at radius 1 is 1.23 bits per heavy atom. The minimum Gasteiger partial charge on any atom is -0.493 e. The van der Waals surface area contributed by atoms with E-state index < -0.39 is 30.7 Å². The lowest BCUT2D eigenvalue weighted by atomic mass is 10.2. The van der Waals surface area contributed by atoms with Crippen LogP contribution in [0.15, 0.2) is 27.4 Å². The number of halogens is 2. The quantitative estimate of drug-likeness (QED) is 0.539. The Balaban J connectivity index is 1.69. The third-order valence-electron chi connectivity index (χ3n) is 4.20. The topological polar surface area (TPSA) is 133 Å². The van der Waals surface area contributed by atoms with Crippen LogP contribution in [0.4, 0.5) is 14.7 Å². The molecule has 31 heavy (non-hydrogen) atoms. The Labute approximate surface area is 173 Å². The van der Waals surface area contributed by atoms with Gasteiger partial charge in [-0.15, -0.1) is 0 Å². The molecule has 0 fully saturated rings. The van der Waals surface area contributed by atoms with Crippen molar-refractivity contribution in [3.05, 3.63) is 45.6 Å². The zero-order valence-electron chi connectivity index (χ0n) is 16.6. The van der Waals surface area contributed by atoms with Crippen LogP contribution in [0.2, 0.25) is 0 Å². The third-order valence-corrected chi connectivity index (χ3v) is 4.20. The molecule has 3 rings (SSSR count). The number of H-pyrrole nitrogens is 1. The molecule has 2 heterocycles. The molecule has 0 saturated carbocycles. The Hall–Kier alpha value is -3.96. The van der Waals surface area contributed by atoms with Crippen LogP contribution in [0.3, 0.4) is 0 Å². The summed E-state index contributed by atoms with van der Waals surface area (Å²) in [5, 5.41) is 9.10. The minimum atomic E-state index is -3.07. The van der Waals surface area contributed by atoms with Gasteiger partial charge in [0.2, 0.25) is 5.88 Å². The first kappa shape index (κ1) is 21.7. The number of amides is 1. The lowest BCUT2D eigenvalue weighted by molar-refractivity contribution is -0.119. The number of aryl methyl sites for hydroxylation is 2. The van der Waals surface area contributed by atoms with Gasteiger partial charge >= 0.3 is 12.6 Å². The predicted octanol–water partition coefficient (Wildman–Crippen LogP) is 2.54. The summed E-state index contributed by atoms with van der Waals surface area (Å²) < 4.78 is 44.3. The molecule has 2 N–H and O–H groups in total. The average Bonchev–Trinajstić information content (AvgIpc) is 3.05. The molecule has 0 aliphatic heterocycles. The summed E-state index contributed by atoms with van der Waals surface area (Å²) in [5.74, 6) is -1.76. The molecule has 0 bridgehead atoms. The number of carbonyl (C=O) groups excluding carboxylic acids is 2. The molecule has 2 aromatic heterocycles. The maximum atomic E-state index is 12.4. The Kier molecular flexibility index (Phi) is 6.18. The highest BCUT2D eigenvalue weighted by molar-refractivity contribution is 6.02. The van der Waals surface area contributed by atoms with Gasteiger partial charge < -0.3 is 18.6 Å². The van der Waals surface area contributed by atoms with Crippen LogP contribution in [-0.2, 0) is 9.53 Å². The molecule has 0 saturated heterocycles. The normalized spacial score (nSPS) is 10.9. The second-order valence-electron chi connectivity index (χ2n) is 6.24. The summed E-state index contributed by atoms with van der Waals surface area (Å²) in [6.07, 6.45) is 0. The molecule has 10 nitrogen and oxygen atoms in total. The summed E-state index contributed by atoms with van der Waals surface area (Å²) in [4.78, 5) is 36.4. The molecular formula is C19H17F2N3O7. The second kappa shape index (κ2) is 8.81. The number of furan rings is 1. The van der Waals surface area contributed by atoms with Crippen LogP contribution in [-0.4, -0.2) is 42.4 Å². The van der Waals surface area contributed by atoms with Crippen molar-refractivity contribution in [3.8, 4) is 11.5 Å². The maximum absolute atomic E-state index is 12.4. The molecule has 3 aromatic rings. The van der Waals surface area contributed by atoms with Crippen LogP contribution < -0.4 is 20.3 Å². The predicted molar refractivity (Wildman–Crippen MR) is 103 cm³/mol. The number of hydrogen-bond acceptors (Lipinski definition) is 8. The molecule has 12 heteroatoms. The number of rotatable bonds is 7. The number of methoxy groups -OCH3 is 1. The zero-order valence-corrected chi connectivity index (χ0v) is 16.6. The van der Waals surface area contributed by atoms with Crippen molar-refractivity contribution in [2.24, 2.45) is 0 Å². The number of nitrogens with one attached hydrogen (secondary N) is 2. The first-order chi connectivity index (χ1) is 14.7. The summed E-state index contributed by atoms with van der Waals surface area (Å²) in [6, 6.07) is 3.43. The Morgan fingerprint density at radius 3 is 2.65 bits per heavy atom. The van der Waals surface area contributed by atoms with E-state index >= 15 is 0 Å². The summed E-state index contributed by atoms with van der Waals surface area (Å²) in [6.45, 7) is -0.482. The fourth-order valence-electron chi connectivity index (χ4n) is 2.90. The Morgan fingerprint density at radius 2 is 1.97 bits per heavy atom. The van der Waals surface area contributed by atoms with Gasteiger partial charge in [-0.3, -0.25) is 14.9 Å². The summed E-state index contributed by atoms with van der Waals surface area (Å²) >= 11 is 0. The maximum Gasteiger partial charge on any atom is 0.387 e. The van der Waals surface area contributed by atoms with E-state index in [0.29, 0.717) is 16.8 Å². The van der Waals surface area contributed by atoms with Gasteiger partial charge in [-0.05, 0) is 32.0 Å². The number of alkyl halides is 2. The van der Waals surface area contributed by atoms with E-state index in [-0.39, 0.29) is 28.3 Å². The van der Waals surface area contributed by atoms with Crippen molar-refractivity contribution < 1.29 is 37.0 Å². The van der Waals surface area contributed by atoms with Crippen LogP contribution in [0.25, 0.3) is 10.8 Å². The number of aromatic amines is 1. The van der Waals surface area contributed by atoms with Gasteiger partial charge in [0, 0.05) is 0 Å². The van der Waals surface area contributed by atoms with E-state index in [1.807, 2.05) is 0 Å². The first-order valence-corrected chi connectivity index (χ1v) is 8.79. The van der Waals surface area contributed by atoms with Crippen molar-refractivity contribution in [2.75, 3.05) is 19.0 Å². The van der Waals surface area contributed by atoms with Gasteiger partial charge in [-0.2, -0.15) is 13.9 Å². The molecule has 1 aromatic carbocycles. The van der Waals surface area contributed by atoms with Crippen molar-refractivity contribution in [1.82, 2.24) is 10.2 Å². The van der Waals surface area contributed by atoms with Gasteiger partial charge in [-0.1, -0.05) is 0 Å². The lowest BCUT2D eigenvalue weighted by Crippen LogP contribution is -2.21. The number of nitrogens with zero attached hydrogens (tertiary/aromatic N) is 1. The van der Waals surface area contributed by atoms with Gasteiger partial charge in [0.15, 0.2) is 18.1 Å². The third kappa shape index (κ3) is 4.63. The standard InChI is InChI=1S/C19H17F2N3O7/c1-8-14-9(2)30-17(15(14)16(26)24-23-8)22-13(25)7-29-18(27)10-4-5-11(31-19(20)21)12(6-10)28-3/h4-6,19H,7H2,1-3H3,(H,22,25)(H,24,26). The molecule has 0 spiro atoms. The van der Waals surface area contributed by atoms with Gasteiger partial charge in [0.1, 0.15) is 11.1 Å². The smallest absolute Gasteiger partial charge is 0.387 e. The Bertz CT molecular complexity index is 1200. The molecule has 164 valence electrons. The second-order valence-corrected chi connectivity index (χ2v) is 6.24. The number of hydrogen-bond donors (Lipinski definition) is 2. The summed E-state index contributed by atoms with van der Waals surface area (Å²) in [7, 11) is 1.21. The van der Waals surface area contributed by atoms with E-state index in [1.54, 1.807) is 13.8 Å². The van der Waals surface area contributed by atoms with Crippen LogP contribution >= 0.6 is 0 Å². The lowest BCUT2D eigenvalue weighted by Gasteiger charge is -2.11. The highest BCUT2D eigenvalue weighted by Crippen LogP contribution is 2.30. The van der Waals surface area contributed by atoms with E-state index in [4.69, 9.17) is 13.9 Å². The zero-order chi connectivity index (χ0) is 22.7. The number of esters is 1. The largest absolute Gasteiger partial charge is 0.493 e. The number of aromatic nitrogens is 2. The van der Waals surface area contributed by atoms with Crippen LogP contribution in [0.1, 0.15) is 21.8 Å². The molecular weight excluding hydrogens is 420 g/mol. The van der Waals surface area contributed by atoms with Crippen LogP contribution in [0.5, 0.6) is 11.5 Å². The van der Waals surface area contributed by atoms with E-state index in [1.165, 1.54) is 13.2 Å². The van der Waals surface area contributed by atoms with Crippen molar-refractivity contribution in [1.29, 1.82) is 0 Å². The minimum absolute atomic E-state index is 0.0521. The van der Waals surface area contributed by atoms with Gasteiger partial charge in [0.25, 0.3) is 11.5 Å². The number of benzene rings is 1. The molecule has 0 aliphatic carbocycles. The van der Waals surface area contributed by atoms with Crippen molar-refractivity contribution in [2.45, 2.75) is 20.5 Å². The number of fused-ring (bicyclic) bond motifs is 1. The van der Waals surface area contributed by atoms with E-state index in [0.717, 1.165) is 12.1 Å². The molecule has 1 amide bonds. The van der Waals surface area contributed by atoms with Gasteiger partial charge in [-0.25, -0.2) is 9.89 Å². The van der Waals surface area contributed by atoms with Crippen molar-refractivity contribution in [3.63, 3.8) is 0 Å². The molecule has 0 radical (unpaired) electrons. The SMILES string of the molecule is COc1cc(C(=O)OCC(=O)Nc2oc(C)c3c(C)n[nH]c(=O)c23)ccc1OC(F)F. The van der Waals surface area contributed by atoms with E-state index in [9.17, 15) is 23.2 Å². The van der Waals surface area contributed by atoms with E-state index in [2.05, 4.69) is 20.3 Å². The fourth-order valence-corrected chi connectivity index (χ4v) is 2.90. The average molecular weight is 437 g/mol. The van der Waals surface area contributed by atoms with Gasteiger partial charge in [0.05, 0.1) is 23.8 Å². The molecule has 0 aliphatic rings. The summed E-state index contributed by atoms with van der Waals surface area (Å²) in [5.41, 5.74) is -0.0948. The number of ether oxygens (including phenoxy) is 3. The van der Waals surface area contributed by atoms with Crippen LogP contribution in [0, 0.1) is 13.8 Å². The highest BCUT2D eigenvalue weighted by Gasteiger charge is 2.20. The first-order valence-electron chi connectivity index (χ1n) is 8.79. The number of anilines is 1. The number of carbonyl (C=O) groups is 2. The highest BCUT2D eigenvalue weighted by atomic mass is 19.3. The van der Waals surface area contributed by atoms with Crippen molar-refractivity contribution >= 4 is 28.5 Å². The molecule has 0 unspecified atom stereocenters. The monoisotopic (exact) mass is 437 g/mol. The molecule has 0 atom stereocenters.